The van der Waals surface area contributed by atoms with Crippen molar-refractivity contribution in [3.8, 4) is 0 Å². The Morgan fingerprint density at radius 2 is 2.06 bits per heavy atom. The van der Waals surface area contributed by atoms with Crippen LogP contribution in [-0.4, -0.2) is 76.7 Å². The number of piperidine rings is 1. The number of ether oxygens (including phenoxy) is 3. The molecule has 198 valence electrons. The van der Waals surface area contributed by atoms with E-state index in [0.29, 0.717) is 31.8 Å². The summed E-state index contributed by atoms with van der Waals surface area (Å²) in [6, 6.07) is 5.96. The molecule has 10 heteroatoms. The largest absolute Gasteiger partial charge is 0.453 e. The number of hydrogen-bond acceptors (Lipinski definition) is 6. The number of amides is 3. The first-order chi connectivity index (χ1) is 16.6. The van der Waals surface area contributed by atoms with Crippen LogP contribution in [0.4, 0.5) is 14.0 Å². The summed E-state index contributed by atoms with van der Waals surface area (Å²) in [6.45, 7) is 6.72. The smallest absolute Gasteiger partial charge is 0.406 e. The first-order valence-corrected chi connectivity index (χ1v) is 12.1. The summed E-state index contributed by atoms with van der Waals surface area (Å²) in [4.78, 5) is 26.0. The second-order valence-electron chi connectivity index (χ2n) is 9.86. The van der Waals surface area contributed by atoms with E-state index in [4.69, 9.17) is 15.2 Å². The molecule has 1 aromatic rings. The number of nitrogens with two attached hydrogens (primary N) is 1. The molecule has 1 heterocycles. The molecule has 3 amide bonds. The SMILES string of the molecule is COCC(C)(C)CC(N)CNC(=O)N1CCCC(C(OCCNC(=O)OC)c2cccc(F)c2)C1. The highest BCUT2D eigenvalue weighted by molar-refractivity contribution is 5.74. The second kappa shape index (κ2) is 14.2. The van der Waals surface area contributed by atoms with Crippen molar-refractivity contribution in [3.05, 3.63) is 35.6 Å². The summed E-state index contributed by atoms with van der Waals surface area (Å²) in [5.74, 6) is -0.372. The molecule has 0 bridgehead atoms. The number of hydrogen-bond donors (Lipinski definition) is 3. The standard InChI is InChI=1S/C25H41FN4O5/c1-25(2,17-33-3)14-21(27)15-29-23(31)30-11-6-8-19(16-30)22(18-7-5-9-20(26)13-18)35-12-10-28-24(32)34-4/h5,7,9,13,19,21-22H,6,8,10-12,14-17,27H2,1-4H3,(H,28,32)(H,29,31). The molecule has 1 aromatic carbocycles. The summed E-state index contributed by atoms with van der Waals surface area (Å²) in [5, 5.41) is 5.53. The van der Waals surface area contributed by atoms with Gasteiger partial charge in [-0.3, -0.25) is 0 Å². The molecule has 3 atom stereocenters. The molecule has 0 aliphatic carbocycles. The van der Waals surface area contributed by atoms with E-state index in [1.165, 1.54) is 19.2 Å². The Morgan fingerprint density at radius 1 is 1.29 bits per heavy atom. The van der Waals surface area contributed by atoms with Gasteiger partial charge in [-0.1, -0.05) is 26.0 Å². The molecule has 4 N–H and O–H groups in total. The Hall–Kier alpha value is -2.43. The Kier molecular flexibility index (Phi) is 11.7. The van der Waals surface area contributed by atoms with Gasteiger partial charge < -0.3 is 35.5 Å². The Bertz CT molecular complexity index is 810. The van der Waals surface area contributed by atoms with Gasteiger partial charge in [0.05, 0.1) is 26.4 Å². The predicted octanol–water partition coefficient (Wildman–Crippen LogP) is 3.05. The number of benzene rings is 1. The quantitative estimate of drug-likeness (QED) is 0.383. The van der Waals surface area contributed by atoms with E-state index in [1.54, 1.807) is 18.1 Å². The first kappa shape index (κ1) is 28.8. The van der Waals surface area contributed by atoms with Gasteiger partial charge in [-0.15, -0.1) is 0 Å². The zero-order valence-electron chi connectivity index (χ0n) is 21.3. The van der Waals surface area contributed by atoms with Crippen molar-refractivity contribution in [2.24, 2.45) is 17.1 Å². The van der Waals surface area contributed by atoms with Crippen molar-refractivity contribution >= 4 is 12.1 Å². The van der Waals surface area contributed by atoms with Crippen molar-refractivity contribution < 1.29 is 28.2 Å². The van der Waals surface area contributed by atoms with Gasteiger partial charge >= 0.3 is 12.1 Å². The van der Waals surface area contributed by atoms with E-state index < -0.39 is 12.2 Å². The number of methoxy groups -OCH3 is 2. The lowest BCUT2D eigenvalue weighted by Gasteiger charge is -2.37. The van der Waals surface area contributed by atoms with Crippen LogP contribution in [0, 0.1) is 17.2 Å². The highest BCUT2D eigenvalue weighted by Crippen LogP contribution is 2.33. The molecule has 3 unspecified atom stereocenters. The minimum absolute atomic E-state index is 0.0243. The van der Waals surface area contributed by atoms with Crippen LogP contribution in [0.2, 0.25) is 0 Å². The van der Waals surface area contributed by atoms with E-state index in [-0.39, 0.29) is 42.4 Å². The molecule has 0 radical (unpaired) electrons. The fourth-order valence-corrected chi connectivity index (χ4v) is 4.60. The zero-order chi connectivity index (χ0) is 25.8. The average Bonchev–Trinajstić information content (AvgIpc) is 2.82. The minimum Gasteiger partial charge on any atom is -0.453 e. The minimum atomic E-state index is -0.541. The van der Waals surface area contributed by atoms with E-state index in [0.717, 1.165) is 19.3 Å². The molecular weight excluding hydrogens is 455 g/mol. The summed E-state index contributed by atoms with van der Waals surface area (Å²) >= 11 is 0. The van der Waals surface area contributed by atoms with Crippen LogP contribution >= 0.6 is 0 Å². The first-order valence-electron chi connectivity index (χ1n) is 12.1. The van der Waals surface area contributed by atoms with E-state index in [9.17, 15) is 14.0 Å². The number of carbonyl (C=O) groups excluding carboxylic acids is 2. The van der Waals surface area contributed by atoms with Gasteiger partial charge in [0.2, 0.25) is 0 Å². The predicted molar refractivity (Wildman–Crippen MR) is 131 cm³/mol. The van der Waals surface area contributed by atoms with E-state index in [1.807, 2.05) is 6.07 Å². The van der Waals surface area contributed by atoms with Crippen molar-refractivity contribution in [2.45, 2.75) is 45.3 Å². The Labute approximate surface area is 207 Å². The van der Waals surface area contributed by atoms with Crippen LogP contribution in [0.1, 0.15) is 44.8 Å². The molecule has 35 heavy (non-hydrogen) atoms. The second-order valence-corrected chi connectivity index (χ2v) is 9.86. The molecule has 0 aromatic heterocycles. The monoisotopic (exact) mass is 496 g/mol. The molecule has 1 fully saturated rings. The molecule has 1 saturated heterocycles. The van der Waals surface area contributed by atoms with Gasteiger partial charge in [0.15, 0.2) is 0 Å². The molecule has 1 aliphatic heterocycles. The van der Waals surface area contributed by atoms with E-state index >= 15 is 0 Å². The Balaban J connectivity index is 1.97. The van der Waals surface area contributed by atoms with Crippen LogP contribution in [0.15, 0.2) is 24.3 Å². The summed E-state index contributed by atoms with van der Waals surface area (Å²) in [5.41, 5.74) is 6.88. The fraction of sp³-hybridized carbons (Fsp3) is 0.680. The third-order valence-electron chi connectivity index (χ3n) is 6.07. The highest BCUT2D eigenvalue weighted by atomic mass is 19.1. The molecule has 1 aliphatic rings. The number of carbonyl (C=O) groups is 2. The van der Waals surface area contributed by atoms with Crippen LogP contribution in [-0.2, 0) is 14.2 Å². The van der Waals surface area contributed by atoms with Crippen LogP contribution in [0.25, 0.3) is 0 Å². The summed E-state index contributed by atoms with van der Waals surface area (Å²) < 4.78 is 29.9. The van der Waals surface area contributed by atoms with Crippen molar-refractivity contribution in [1.29, 1.82) is 0 Å². The third kappa shape index (κ3) is 9.99. The highest BCUT2D eigenvalue weighted by Gasteiger charge is 2.32. The normalized spacial score (nSPS) is 18.0. The lowest BCUT2D eigenvalue weighted by molar-refractivity contribution is -0.00865. The Morgan fingerprint density at radius 3 is 2.74 bits per heavy atom. The van der Waals surface area contributed by atoms with Crippen molar-refractivity contribution in [1.82, 2.24) is 15.5 Å². The number of rotatable bonds is 12. The average molecular weight is 497 g/mol. The van der Waals surface area contributed by atoms with Crippen LogP contribution in [0.3, 0.4) is 0 Å². The third-order valence-corrected chi connectivity index (χ3v) is 6.07. The van der Waals surface area contributed by atoms with Gasteiger partial charge in [0.1, 0.15) is 5.82 Å². The van der Waals surface area contributed by atoms with Crippen LogP contribution < -0.4 is 16.4 Å². The molecule has 9 nitrogen and oxygen atoms in total. The van der Waals surface area contributed by atoms with Gasteiger partial charge in [0.25, 0.3) is 0 Å². The van der Waals surface area contributed by atoms with Crippen LogP contribution in [0.5, 0.6) is 0 Å². The maximum atomic E-state index is 14.0. The topological polar surface area (TPSA) is 115 Å². The van der Waals surface area contributed by atoms with Gasteiger partial charge in [0, 0.05) is 45.2 Å². The van der Waals surface area contributed by atoms with Gasteiger partial charge in [-0.05, 0) is 42.4 Å². The number of nitrogens with zero attached hydrogens (tertiary/aromatic N) is 1. The molecule has 0 spiro atoms. The van der Waals surface area contributed by atoms with Gasteiger partial charge in [-0.25, -0.2) is 14.0 Å². The van der Waals surface area contributed by atoms with Crippen molar-refractivity contribution in [2.75, 3.05) is 53.6 Å². The van der Waals surface area contributed by atoms with Crippen molar-refractivity contribution in [3.63, 3.8) is 0 Å². The number of urea groups is 1. The lowest BCUT2D eigenvalue weighted by atomic mass is 9.87. The maximum Gasteiger partial charge on any atom is 0.406 e. The molecular formula is C25H41FN4O5. The maximum absolute atomic E-state index is 14.0. The molecule has 2 rings (SSSR count). The summed E-state index contributed by atoms with van der Waals surface area (Å²) in [6.07, 6.45) is 1.40. The number of alkyl carbamates (subject to hydrolysis) is 1. The number of halogens is 1. The lowest BCUT2D eigenvalue weighted by Crippen LogP contribution is -2.50. The fourth-order valence-electron chi connectivity index (χ4n) is 4.60. The van der Waals surface area contributed by atoms with Gasteiger partial charge in [-0.2, -0.15) is 0 Å². The molecule has 0 saturated carbocycles. The number of nitrogens with one attached hydrogen (secondary N) is 2. The zero-order valence-corrected chi connectivity index (χ0v) is 21.3. The van der Waals surface area contributed by atoms with E-state index in [2.05, 4.69) is 29.2 Å². The summed E-state index contributed by atoms with van der Waals surface area (Å²) in [7, 11) is 2.96. The number of likely N-dealkylation sites (tertiary alicyclic amines) is 1.